The van der Waals surface area contributed by atoms with Crippen molar-refractivity contribution in [2.45, 2.75) is 0 Å². The van der Waals surface area contributed by atoms with Crippen LogP contribution in [0.25, 0.3) is 17.1 Å². The molecular weight excluding hydrogens is 452 g/mol. The SMILES string of the molecule is Nc1nonc1-n1nnc(C(=O)N/N=C\c2ccc([N+](=O)[O-])cc2)c1-c1ccc([N+](=O)[O-])cc1. The van der Waals surface area contributed by atoms with Crippen LogP contribution in [0.3, 0.4) is 0 Å². The van der Waals surface area contributed by atoms with Crippen molar-refractivity contribution in [3.8, 4) is 17.1 Å². The third-order valence-corrected chi connectivity index (χ3v) is 4.42. The molecule has 0 spiro atoms. The number of nitro benzene ring substituents is 2. The second kappa shape index (κ2) is 8.91. The van der Waals surface area contributed by atoms with Gasteiger partial charge in [-0.3, -0.25) is 25.0 Å². The number of non-ortho nitro benzene ring substituents is 2. The molecular formula is C18H12N10O6. The molecule has 16 nitrogen and oxygen atoms in total. The van der Waals surface area contributed by atoms with Crippen molar-refractivity contribution in [1.29, 1.82) is 0 Å². The van der Waals surface area contributed by atoms with Crippen LogP contribution < -0.4 is 11.2 Å². The summed E-state index contributed by atoms with van der Waals surface area (Å²) in [6, 6.07) is 10.8. The maximum Gasteiger partial charge on any atom is 0.294 e. The Hall–Kier alpha value is -5.54. The minimum Gasteiger partial charge on any atom is -0.378 e. The Bertz CT molecular complexity index is 1410. The lowest BCUT2D eigenvalue weighted by molar-refractivity contribution is -0.385. The summed E-state index contributed by atoms with van der Waals surface area (Å²) in [5.41, 5.74) is 8.49. The van der Waals surface area contributed by atoms with Crippen molar-refractivity contribution in [3.05, 3.63) is 80.0 Å². The van der Waals surface area contributed by atoms with Crippen LogP contribution in [-0.2, 0) is 0 Å². The summed E-state index contributed by atoms with van der Waals surface area (Å²) in [6.07, 6.45) is 1.27. The van der Waals surface area contributed by atoms with E-state index in [4.69, 9.17) is 5.73 Å². The number of rotatable bonds is 7. The minimum atomic E-state index is -0.771. The Labute approximate surface area is 187 Å². The van der Waals surface area contributed by atoms with E-state index in [1.807, 2.05) is 0 Å². The molecule has 0 atom stereocenters. The molecule has 0 fully saturated rings. The predicted molar refractivity (Wildman–Crippen MR) is 114 cm³/mol. The Morgan fingerprint density at radius 2 is 1.65 bits per heavy atom. The van der Waals surface area contributed by atoms with Crippen LogP contribution in [0.4, 0.5) is 17.2 Å². The monoisotopic (exact) mass is 464 g/mol. The Kier molecular flexibility index (Phi) is 5.68. The van der Waals surface area contributed by atoms with E-state index in [1.165, 1.54) is 54.7 Å². The molecule has 0 aliphatic rings. The first-order valence-corrected chi connectivity index (χ1v) is 9.22. The average molecular weight is 464 g/mol. The number of hydrazone groups is 1. The lowest BCUT2D eigenvalue weighted by Gasteiger charge is -2.05. The van der Waals surface area contributed by atoms with E-state index in [0.717, 1.165) is 4.68 Å². The number of benzene rings is 2. The van der Waals surface area contributed by atoms with Gasteiger partial charge in [0.2, 0.25) is 11.6 Å². The highest BCUT2D eigenvalue weighted by molar-refractivity contribution is 5.98. The molecule has 2 aromatic carbocycles. The summed E-state index contributed by atoms with van der Waals surface area (Å²) in [5.74, 6) is -0.946. The highest BCUT2D eigenvalue weighted by atomic mass is 16.6. The van der Waals surface area contributed by atoms with E-state index in [9.17, 15) is 25.0 Å². The molecule has 0 unspecified atom stereocenters. The highest BCUT2D eigenvalue weighted by Crippen LogP contribution is 2.28. The van der Waals surface area contributed by atoms with E-state index in [2.05, 4.69) is 35.8 Å². The van der Waals surface area contributed by atoms with Crippen molar-refractivity contribution in [2.24, 2.45) is 5.10 Å². The fourth-order valence-corrected chi connectivity index (χ4v) is 2.82. The molecule has 4 rings (SSSR count). The third kappa shape index (κ3) is 4.26. The molecule has 34 heavy (non-hydrogen) atoms. The van der Waals surface area contributed by atoms with E-state index in [0.29, 0.717) is 11.1 Å². The largest absolute Gasteiger partial charge is 0.378 e. The maximum atomic E-state index is 12.8. The molecule has 2 aromatic heterocycles. The topological polar surface area (TPSA) is 223 Å². The fraction of sp³-hybridized carbons (Fsp3) is 0. The summed E-state index contributed by atoms with van der Waals surface area (Å²) in [7, 11) is 0. The first-order valence-electron chi connectivity index (χ1n) is 9.22. The number of nitrogen functional groups attached to an aromatic ring is 1. The first kappa shape index (κ1) is 21.7. The van der Waals surface area contributed by atoms with Crippen LogP contribution in [0.15, 0.2) is 58.3 Å². The molecule has 1 amide bonds. The van der Waals surface area contributed by atoms with Crippen LogP contribution >= 0.6 is 0 Å². The average Bonchev–Trinajstić information content (AvgIpc) is 3.45. The van der Waals surface area contributed by atoms with Crippen molar-refractivity contribution < 1.29 is 19.3 Å². The molecule has 0 saturated carbocycles. The summed E-state index contributed by atoms with van der Waals surface area (Å²) in [6.45, 7) is 0. The molecule has 0 radical (unpaired) electrons. The molecule has 3 N–H and O–H groups in total. The van der Waals surface area contributed by atoms with Gasteiger partial charge in [-0.2, -0.15) is 9.78 Å². The third-order valence-electron chi connectivity index (χ3n) is 4.42. The Morgan fingerprint density at radius 1 is 1.03 bits per heavy atom. The first-order chi connectivity index (χ1) is 16.3. The van der Waals surface area contributed by atoms with E-state index >= 15 is 0 Å². The number of nitrogens with zero attached hydrogens (tertiary/aromatic N) is 8. The normalized spacial score (nSPS) is 10.9. The van der Waals surface area contributed by atoms with Gasteiger partial charge in [-0.25, -0.2) is 10.1 Å². The number of hydrogen-bond donors (Lipinski definition) is 2. The molecule has 16 heteroatoms. The second-order valence-electron chi connectivity index (χ2n) is 6.52. The van der Waals surface area contributed by atoms with Gasteiger partial charge in [0.15, 0.2) is 5.69 Å². The van der Waals surface area contributed by atoms with E-state index < -0.39 is 15.8 Å². The van der Waals surface area contributed by atoms with Gasteiger partial charge in [-0.05, 0) is 40.1 Å². The molecule has 0 saturated heterocycles. The summed E-state index contributed by atoms with van der Waals surface area (Å²) in [4.78, 5) is 33.4. The maximum absolute atomic E-state index is 12.8. The number of anilines is 1. The van der Waals surface area contributed by atoms with Gasteiger partial charge in [0.1, 0.15) is 5.69 Å². The highest BCUT2D eigenvalue weighted by Gasteiger charge is 2.25. The van der Waals surface area contributed by atoms with Crippen LogP contribution in [0.2, 0.25) is 0 Å². The van der Waals surface area contributed by atoms with Crippen LogP contribution in [0.1, 0.15) is 16.1 Å². The molecule has 0 aliphatic heterocycles. The van der Waals surface area contributed by atoms with Crippen molar-refractivity contribution in [2.75, 3.05) is 5.73 Å². The smallest absolute Gasteiger partial charge is 0.294 e. The van der Waals surface area contributed by atoms with Gasteiger partial charge in [-0.1, -0.05) is 5.21 Å². The Balaban J connectivity index is 1.65. The number of amides is 1. The zero-order valence-electron chi connectivity index (χ0n) is 16.8. The van der Waals surface area contributed by atoms with Gasteiger partial charge in [0.25, 0.3) is 17.3 Å². The van der Waals surface area contributed by atoms with E-state index in [1.54, 1.807) is 0 Å². The van der Waals surface area contributed by atoms with Gasteiger partial charge in [0.05, 0.1) is 16.1 Å². The van der Waals surface area contributed by atoms with Gasteiger partial charge in [-0.15, -0.1) is 5.10 Å². The molecule has 2 heterocycles. The quantitative estimate of drug-likeness (QED) is 0.226. The van der Waals surface area contributed by atoms with Gasteiger partial charge < -0.3 is 5.73 Å². The van der Waals surface area contributed by atoms with Crippen LogP contribution in [0, 0.1) is 20.2 Å². The predicted octanol–water partition coefficient (Wildman–Crippen LogP) is 1.48. The molecule has 0 aliphatic carbocycles. The number of nitrogens with two attached hydrogens (primary N) is 1. The number of nitro groups is 2. The Morgan fingerprint density at radius 3 is 2.21 bits per heavy atom. The van der Waals surface area contributed by atoms with Crippen LogP contribution in [-0.4, -0.2) is 47.3 Å². The zero-order valence-corrected chi connectivity index (χ0v) is 16.8. The molecule has 4 aromatic rings. The summed E-state index contributed by atoms with van der Waals surface area (Å²) in [5, 5.41) is 40.4. The standard InChI is InChI=1S/C18H12N10O6/c19-16-17(24-34-23-16)26-15(11-3-7-13(8-4-11)28(32)33)14(21-25-26)18(29)22-20-9-10-1-5-12(6-2-10)27(30)31/h1-9H,(H2,19,23)(H,22,29)/b20-9-. The number of carbonyl (C=O) groups is 1. The number of nitrogens with one attached hydrogen (secondary N) is 1. The van der Waals surface area contributed by atoms with Crippen molar-refractivity contribution in [1.82, 2.24) is 30.7 Å². The fourth-order valence-electron chi connectivity index (χ4n) is 2.82. The lowest BCUT2D eigenvalue weighted by atomic mass is 10.1. The van der Waals surface area contributed by atoms with Gasteiger partial charge >= 0.3 is 0 Å². The number of aromatic nitrogens is 5. The molecule has 0 bridgehead atoms. The minimum absolute atomic E-state index is 0.0470. The van der Waals surface area contributed by atoms with Crippen molar-refractivity contribution in [3.63, 3.8) is 0 Å². The number of carbonyl (C=O) groups excluding carboxylic acids is 1. The van der Waals surface area contributed by atoms with Crippen molar-refractivity contribution >= 4 is 29.3 Å². The zero-order chi connectivity index (χ0) is 24.2. The lowest BCUT2D eigenvalue weighted by Crippen LogP contribution is -2.19. The van der Waals surface area contributed by atoms with Crippen LogP contribution in [0.5, 0.6) is 0 Å². The second-order valence-corrected chi connectivity index (χ2v) is 6.52. The van der Waals surface area contributed by atoms with Gasteiger partial charge in [0, 0.05) is 29.8 Å². The van der Waals surface area contributed by atoms with E-state index in [-0.39, 0.29) is 34.4 Å². The number of hydrogen-bond acceptors (Lipinski definition) is 12. The summed E-state index contributed by atoms with van der Waals surface area (Å²) >= 11 is 0. The molecule has 170 valence electrons. The summed E-state index contributed by atoms with van der Waals surface area (Å²) < 4.78 is 5.68.